The number of alkyl carbamates (subject to hydrolysis) is 1. The second kappa shape index (κ2) is 18.0. The van der Waals surface area contributed by atoms with Gasteiger partial charge in [0.25, 0.3) is 5.91 Å². The average molecular weight is 871 g/mol. The number of imidazole rings is 2. The molecular formula is C48H54N8O8. The molecule has 4 aromatic carbocycles. The Morgan fingerprint density at radius 3 is 2.53 bits per heavy atom. The molecule has 5 N–H and O–H groups in total. The van der Waals surface area contributed by atoms with E-state index in [1.807, 2.05) is 61.3 Å². The number of fused-ring (bicyclic) bond motifs is 6. The van der Waals surface area contributed by atoms with Gasteiger partial charge in [0.15, 0.2) is 0 Å². The van der Waals surface area contributed by atoms with Gasteiger partial charge in [-0.2, -0.15) is 0 Å². The van der Waals surface area contributed by atoms with Crippen molar-refractivity contribution in [1.29, 1.82) is 0 Å². The van der Waals surface area contributed by atoms with Gasteiger partial charge in [0, 0.05) is 44.2 Å². The van der Waals surface area contributed by atoms with Crippen molar-refractivity contribution in [2.45, 2.75) is 70.3 Å². The van der Waals surface area contributed by atoms with E-state index in [2.05, 4.69) is 57.0 Å². The average Bonchev–Trinajstić information content (AvgIpc) is 4.15. The van der Waals surface area contributed by atoms with Gasteiger partial charge in [0.2, 0.25) is 12.3 Å². The minimum absolute atomic E-state index is 0.0997. The molecule has 1 unspecified atom stereocenters. The molecule has 3 aliphatic heterocycles. The Kier molecular flexibility index (Phi) is 12.1. The lowest BCUT2D eigenvalue weighted by atomic mass is 9.92. The van der Waals surface area contributed by atoms with Gasteiger partial charge < -0.3 is 49.1 Å². The van der Waals surface area contributed by atoms with Crippen LogP contribution in [0.15, 0.2) is 79.0 Å². The van der Waals surface area contributed by atoms with Crippen molar-refractivity contribution >= 4 is 39.7 Å². The summed E-state index contributed by atoms with van der Waals surface area (Å²) in [5.74, 6) is 1.81. The van der Waals surface area contributed by atoms with Crippen molar-refractivity contribution in [3.63, 3.8) is 0 Å². The number of benzene rings is 4. The summed E-state index contributed by atoms with van der Waals surface area (Å²) in [5.41, 5.74) is 7.18. The number of likely N-dealkylation sites (tertiary alicyclic amines) is 2. The van der Waals surface area contributed by atoms with Crippen LogP contribution in [0, 0.1) is 11.8 Å². The SMILES string of the molecule is COC[C@H]1C[C@@H](c2ncc(-c3ccc4c(c3)COc3cc5c(ccc6[nH]c([C@@H]7CCCN7C(=O)[C@H](NC(=O)OC)c7ccccc7)nc65)cc3-4)[nH]2)N(C(=O)[C@@H](NC(O)OC)C(C)C)C1. The van der Waals surface area contributed by atoms with E-state index in [0.717, 1.165) is 68.3 Å². The van der Waals surface area contributed by atoms with Crippen LogP contribution in [0.5, 0.6) is 5.75 Å². The summed E-state index contributed by atoms with van der Waals surface area (Å²) < 4.78 is 21.8. The van der Waals surface area contributed by atoms with Crippen LogP contribution in [0.2, 0.25) is 0 Å². The number of ether oxygens (including phenoxy) is 4. The van der Waals surface area contributed by atoms with E-state index in [9.17, 15) is 19.5 Å². The van der Waals surface area contributed by atoms with Crippen LogP contribution < -0.4 is 15.4 Å². The molecule has 6 atom stereocenters. The van der Waals surface area contributed by atoms with Crippen LogP contribution in [0.3, 0.4) is 0 Å². The number of methoxy groups -OCH3 is 3. The number of nitrogens with zero attached hydrogens (tertiary/aromatic N) is 4. The van der Waals surface area contributed by atoms with Gasteiger partial charge in [0.1, 0.15) is 30.0 Å². The Bertz CT molecular complexity index is 2680. The number of aromatic nitrogens is 4. The number of aliphatic hydroxyl groups excluding tert-OH is 1. The van der Waals surface area contributed by atoms with Crippen molar-refractivity contribution in [3.05, 3.63) is 102 Å². The third-order valence-electron chi connectivity index (χ3n) is 12.8. The van der Waals surface area contributed by atoms with Crippen LogP contribution in [-0.2, 0) is 30.4 Å². The Morgan fingerprint density at radius 1 is 0.938 bits per heavy atom. The Balaban J connectivity index is 0.965. The molecule has 5 heterocycles. The molecule has 2 saturated heterocycles. The second-order valence-electron chi connectivity index (χ2n) is 17.2. The molecule has 16 heteroatoms. The van der Waals surface area contributed by atoms with Crippen molar-refractivity contribution in [1.82, 2.24) is 40.4 Å². The molecule has 9 rings (SSSR count). The van der Waals surface area contributed by atoms with Crippen LogP contribution in [0.4, 0.5) is 4.79 Å². The maximum atomic E-state index is 14.1. The standard InChI is InChI=1S/C48H54N8O8/c1-26(2)40(53-47(59)62-4)45(57)56-23-27(24-61-3)18-38(56)43-49-22-36(51-43)30-13-15-32-31(19-30)25-64-39-21-33-29(20-34(32)39)14-16-35-42(33)52-44(50-35)37-12-9-17-55(37)46(58)41(54-48(60)63-5)28-10-7-6-8-11-28/h6-8,10-11,13-16,19-22,26-27,37-38,40-41,47,53,59H,9,12,17-18,23-25H2,1-5H3,(H,49,51)(H,50,52)(H,54,60)/t27-,37-,38-,40-,41+,47?/m0/s1. The van der Waals surface area contributed by atoms with Gasteiger partial charge in [-0.15, -0.1) is 0 Å². The number of carbonyl (C=O) groups is 3. The summed E-state index contributed by atoms with van der Waals surface area (Å²) in [4.78, 5) is 61.1. The first-order chi connectivity index (χ1) is 31.0. The van der Waals surface area contributed by atoms with E-state index in [-0.39, 0.29) is 35.7 Å². The number of carbonyl (C=O) groups excluding carboxylic acids is 3. The van der Waals surface area contributed by atoms with Gasteiger partial charge in [-0.1, -0.05) is 62.4 Å². The molecule has 0 saturated carbocycles. The highest BCUT2D eigenvalue weighted by Crippen LogP contribution is 2.44. The summed E-state index contributed by atoms with van der Waals surface area (Å²) in [7, 11) is 4.33. The van der Waals surface area contributed by atoms with Crippen molar-refractivity contribution in [3.8, 4) is 28.1 Å². The summed E-state index contributed by atoms with van der Waals surface area (Å²) >= 11 is 0. The lowest BCUT2D eigenvalue weighted by Crippen LogP contribution is -2.53. The normalized spacial score (nSPS) is 19.6. The predicted molar refractivity (Wildman–Crippen MR) is 239 cm³/mol. The molecular weight excluding hydrogens is 817 g/mol. The first-order valence-corrected chi connectivity index (χ1v) is 21.8. The fraction of sp³-hybridized carbons (Fsp3) is 0.396. The van der Waals surface area contributed by atoms with Gasteiger partial charge in [-0.25, -0.2) is 14.8 Å². The van der Waals surface area contributed by atoms with E-state index in [1.165, 1.54) is 14.2 Å². The summed E-state index contributed by atoms with van der Waals surface area (Å²) in [6.45, 7) is 5.79. The highest BCUT2D eigenvalue weighted by molar-refractivity contribution is 6.07. The first kappa shape index (κ1) is 42.9. The molecule has 2 aromatic heterocycles. The zero-order chi connectivity index (χ0) is 44.6. The Hall–Kier alpha value is -6.33. The Morgan fingerprint density at radius 2 is 1.77 bits per heavy atom. The third kappa shape index (κ3) is 8.17. The summed E-state index contributed by atoms with van der Waals surface area (Å²) in [6, 6.07) is 21.6. The number of hydrogen-bond acceptors (Lipinski definition) is 11. The number of H-pyrrole nitrogens is 2. The largest absolute Gasteiger partial charge is 0.488 e. The molecule has 0 bridgehead atoms. The number of nitrogens with one attached hydrogen (secondary N) is 4. The molecule has 16 nitrogen and oxygen atoms in total. The Labute approximate surface area is 370 Å². The van der Waals surface area contributed by atoms with E-state index in [1.54, 1.807) is 12.0 Å². The summed E-state index contributed by atoms with van der Waals surface area (Å²) in [5, 5.41) is 17.8. The molecule has 334 valence electrons. The maximum absolute atomic E-state index is 14.1. The molecule has 2 fully saturated rings. The van der Waals surface area contributed by atoms with Gasteiger partial charge >= 0.3 is 6.09 Å². The molecule has 3 aliphatic rings. The number of aliphatic hydroxyl groups is 1. The third-order valence-corrected chi connectivity index (χ3v) is 12.8. The number of amides is 3. The van der Waals surface area contributed by atoms with Crippen molar-refractivity contribution < 1.29 is 38.4 Å². The second-order valence-corrected chi connectivity index (χ2v) is 17.2. The number of rotatable bonds is 13. The topological polar surface area (TPSA) is 196 Å². The lowest BCUT2D eigenvalue weighted by molar-refractivity contribution is -0.145. The smallest absolute Gasteiger partial charge is 0.407 e. The molecule has 3 amide bonds. The number of hydrogen-bond donors (Lipinski definition) is 5. The van der Waals surface area contributed by atoms with Gasteiger partial charge in [-0.3, -0.25) is 14.9 Å². The molecule has 0 spiro atoms. The van der Waals surface area contributed by atoms with Crippen LogP contribution in [0.25, 0.3) is 44.2 Å². The maximum Gasteiger partial charge on any atom is 0.407 e. The van der Waals surface area contributed by atoms with Gasteiger partial charge in [-0.05, 0) is 77.1 Å². The lowest BCUT2D eigenvalue weighted by Gasteiger charge is -2.31. The highest BCUT2D eigenvalue weighted by Gasteiger charge is 2.42. The number of aromatic amines is 2. The zero-order valence-corrected chi connectivity index (χ0v) is 36.6. The fourth-order valence-electron chi connectivity index (χ4n) is 9.61. The highest BCUT2D eigenvalue weighted by atomic mass is 16.6. The zero-order valence-electron chi connectivity index (χ0n) is 36.6. The summed E-state index contributed by atoms with van der Waals surface area (Å²) in [6.07, 6.45) is 2.07. The molecule has 0 radical (unpaired) electrons. The first-order valence-electron chi connectivity index (χ1n) is 21.8. The fourth-order valence-corrected chi connectivity index (χ4v) is 9.61. The van der Waals surface area contributed by atoms with E-state index >= 15 is 0 Å². The van der Waals surface area contributed by atoms with E-state index in [4.69, 9.17) is 28.9 Å². The molecule has 64 heavy (non-hydrogen) atoms. The van der Waals surface area contributed by atoms with Crippen LogP contribution >= 0.6 is 0 Å². The predicted octanol–water partition coefficient (Wildman–Crippen LogP) is 6.50. The monoisotopic (exact) mass is 870 g/mol. The van der Waals surface area contributed by atoms with Gasteiger partial charge in [0.05, 0.1) is 54.8 Å². The minimum atomic E-state index is -1.27. The quantitative estimate of drug-likeness (QED) is 0.0796. The van der Waals surface area contributed by atoms with E-state index in [0.29, 0.717) is 49.9 Å². The molecule has 6 aromatic rings. The van der Waals surface area contributed by atoms with E-state index < -0.39 is 24.6 Å². The minimum Gasteiger partial charge on any atom is -0.488 e. The van der Waals surface area contributed by atoms with Crippen molar-refractivity contribution in [2.75, 3.05) is 41.0 Å². The van der Waals surface area contributed by atoms with Crippen LogP contribution in [0.1, 0.15) is 74.0 Å². The van der Waals surface area contributed by atoms with Crippen molar-refractivity contribution in [2.24, 2.45) is 11.8 Å². The van der Waals surface area contributed by atoms with Crippen LogP contribution in [-0.4, -0.2) is 106 Å². The molecule has 0 aliphatic carbocycles.